The van der Waals surface area contributed by atoms with Crippen molar-refractivity contribution >= 4 is 17.6 Å². The van der Waals surface area contributed by atoms with E-state index in [1.54, 1.807) is 68.8 Å². The van der Waals surface area contributed by atoms with Crippen LogP contribution in [-0.4, -0.2) is 33.2 Å². The lowest BCUT2D eigenvalue weighted by molar-refractivity contribution is 0.0600. The van der Waals surface area contributed by atoms with Crippen molar-refractivity contribution in [3.05, 3.63) is 83.4 Å². The molecule has 0 radical (unpaired) electrons. The topological polar surface area (TPSA) is 83.1 Å². The smallest absolute Gasteiger partial charge is 0.337 e. The average Bonchev–Trinajstić information content (AvgIpc) is 2.82. The minimum absolute atomic E-state index is 0.227. The van der Waals surface area contributed by atoms with E-state index in [0.717, 1.165) is 11.3 Å². The van der Waals surface area contributed by atoms with Gasteiger partial charge >= 0.3 is 5.97 Å². The third kappa shape index (κ3) is 5.54. The maximum Gasteiger partial charge on any atom is 0.337 e. The largest absolute Gasteiger partial charge is 0.497 e. The second kappa shape index (κ2) is 10.2. The molecule has 0 aliphatic rings. The number of hydrogen-bond donors (Lipinski definition) is 1. The fraction of sp³-hybridized carbons (Fsp3) is 0.167. The molecule has 0 aliphatic heterocycles. The van der Waals surface area contributed by atoms with Crippen LogP contribution in [0.4, 0.5) is 5.69 Å². The summed E-state index contributed by atoms with van der Waals surface area (Å²) in [5, 5.41) is 2.81. The molecular weight excluding hydrogens is 398 g/mol. The maximum atomic E-state index is 12.7. The van der Waals surface area contributed by atoms with Gasteiger partial charge in [-0.25, -0.2) is 4.79 Å². The molecule has 1 N–H and O–H groups in total. The molecule has 0 spiro atoms. The van der Waals surface area contributed by atoms with Crippen molar-refractivity contribution in [1.82, 2.24) is 0 Å². The van der Waals surface area contributed by atoms with E-state index in [1.807, 2.05) is 12.1 Å². The van der Waals surface area contributed by atoms with Crippen molar-refractivity contribution in [2.24, 2.45) is 0 Å². The second-order valence-electron chi connectivity index (χ2n) is 6.51. The van der Waals surface area contributed by atoms with E-state index in [0.29, 0.717) is 28.3 Å². The molecule has 0 unspecified atom stereocenters. The molecule has 0 aliphatic carbocycles. The quantitative estimate of drug-likeness (QED) is 0.546. The fourth-order valence-electron chi connectivity index (χ4n) is 2.88. The van der Waals surface area contributed by atoms with Gasteiger partial charge < -0.3 is 24.3 Å². The highest BCUT2D eigenvalue weighted by atomic mass is 16.5. The molecule has 0 atom stereocenters. The van der Waals surface area contributed by atoms with E-state index in [2.05, 4.69) is 10.1 Å². The van der Waals surface area contributed by atoms with Crippen LogP contribution in [0.1, 0.15) is 26.3 Å². The normalized spacial score (nSPS) is 10.2. The standard InChI is InChI=1S/C24H23NO6/c1-28-20-9-11-21(12-10-20)31-15-18-14-17(6-13-22(18)29-2)23(26)25-19-7-4-16(5-8-19)24(27)30-3/h4-14H,15H2,1-3H3,(H,25,26). The number of anilines is 1. The number of carbonyl (C=O) groups is 2. The number of rotatable bonds is 8. The minimum atomic E-state index is -0.436. The molecule has 0 aromatic heterocycles. The highest BCUT2D eigenvalue weighted by molar-refractivity contribution is 6.04. The first-order chi connectivity index (χ1) is 15.0. The highest BCUT2D eigenvalue weighted by Crippen LogP contribution is 2.24. The lowest BCUT2D eigenvalue weighted by Crippen LogP contribution is -2.13. The van der Waals surface area contributed by atoms with Gasteiger partial charge in [0.05, 0.1) is 26.9 Å². The van der Waals surface area contributed by atoms with Crippen molar-refractivity contribution in [1.29, 1.82) is 0 Å². The van der Waals surface area contributed by atoms with Gasteiger partial charge in [-0.15, -0.1) is 0 Å². The predicted octanol–water partition coefficient (Wildman–Crippen LogP) is 4.32. The van der Waals surface area contributed by atoms with Gasteiger partial charge in [0.2, 0.25) is 0 Å². The molecule has 0 saturated carbocycles. The Balaban J connectivity index is 1.70. The minimum Gasteiger partial charge on any atom is -0.497 e. The number of methoxy groups -OCH3 is 3. The van der Waals surface area contributed by atoms with Crippen LogP contribution in [0.15, 0.2) is 66.7 Å². The summed E-state index contributed by atoms with van der Waals surface area (Å²) in [5.41, 5.74) is 2.14. The molecule has 3 aromatic rings. The van der Waals surface area contributed by atoms with Crippen LogP contribution in [0.25, 0.3) is 0 Å². The third-order valence-corrected chi connectivity index (χ3v) is 4.56. The van der Waals surface area contributed by atoms with E-state index < -0.39 is 5.97 Å². The number of hydrogen-bond acceptors (Lipinski definition) is 6. The molecule has 3 rings (SSSR count). The first kappa shape index (κ1) is 21.7. The summed E-state index contributed by atoms with van der Waals surface area (Å²) in [5.74, 6) is 1.30. The molecule has 0 fully saturated rings. The zero-order valence-electron chi connectivity index (χ0n) is 17.5. The first-order valence-electron chi connectivity index (χ1n) is 9.47. The van der Waals surface area contributed by atoms with Crippen molar-refractivity contribution in [2.45, 2.75) is 6.61 Å². The maximum absolute atomic E-state index is 12.7. The fourth-order valence-corrected chi connectivity index (χ4v) is 2.88. The van der Waals surface area contributed by atoms with Crippen molar-refractivity contribution in [2.75, 3.05) is 26.6 Å². The van der Waals surface area contributed by atoms with Gasteiger partial charge in [0.25, 0.3) is 5.91 Å². The van der Waals surface area contributed by atoms with Crippen LogP contribution in [0.2, 0.25) is 0 Å². The Hall–Kier alpha value is -4.00. The van der Waals surface area contributed by atoms with E-state index >= 15 is 0 Å². The predicted molar refractivity (Wildman–Crippen MR) is 116 cm³/mol. The number of benzene rings is 3. The van der Waals surface area contributed by atoms with Gasteiger partial charge in [-0.1, -0.05) is 0 Å². The van der Waals surface area contributed by atoms with Crippen LogP contribution >= 0.6 is 0 Å². The Morgan fingerprint density at radius 2 is 1.42 bits per heavy atom. The highest BCUT2D eigenvalue weighted by Gasteiger charge is 2.12. The van der Waals surface area contributed by atoms with Crippen molar-refractivity contribution in [3.63, 3.8) is 0 Å². The molecular formula is C24H23NO6. The van der Waals surface area contributed by atoms with E-state index in [9.17, 15) is 9.59 Å². The zero-order chi connectivity index (χ0) is 22.2. The Morgan fingerprint density at radius 3 is 2.03 bits per heavy atom. The van der Waals surface area contributed by atoms with E-state index in [4.69, 9.17) is 14.2 Å². The van der Waals surface area contributed by atoms with E-state index in [1.165, 1.54) is 7.11 Å². The van der Waals surface area contributed by atoms with Crippen LogP contribution in [0.3, 0.4) is 0 Å². The first-order valence-corrected chi connectivity index (χ1v) is 9.47. The summed E-state index contributed by atoms with van der Waals surface area (Å²) in [4.78, 5) is 24.2. The van der Waals surface area contributed by atoms with Crippen LogP contribution in [0.5, 0.6) is 17.2 Å². The van der Waals surface area contributed by atoms with Gasteiger partial charge in [-0.3, -0.25) is 4.79 Å². The zero-order valence-corrected chi connectivity index (χ0v) is 17.5. The number of esters is 1. The Morgan fingerprint density at radius 1 is 0.774 bits per heavy atom. The third-order valence-electron chi connectivity index (χ3n) is 4.56. The molecule has 31 heavy (non-hydrogen) atoms. The van der Waals surface area contributed by atoms with Gasteiger partial charge in [-0.05, 0) is 66.7 Å². The molecule has 0 heterocycles. The summed E-state index contributed by atoms with van der Waals surface area (Å²) >= 11 is 0. The summed E-state index contributed by atoms with van der Waals surface area (Å²) in [6.45, 7) is 0.227. The molecule has 3 aromatic carbocycles. The van der Waals surface area contributed by atoms with Crippen LogP contribution in [0, 0.1) is 0 Å². The molecule has 7 heteroatoms. The number of amides is 1. The van der Waals surface area contributed by atoms with Gasteiger partial charge in [0.15, 0.2) is 0 Å². The number of nitrogens with one attached hydrogen (secondary N) is 1. The summed E-state index contributed by atoms with van der Waals surface area (Å²) < 4.78 is 21.0. The van der Waals surface area contributed by atoms with Crippen LogP contribution in [-0.2, 0) is 11.3 Å². The molecule has 160 valence electrons. The average molecular weight is 421 g/mol. The van der Waals surface area contributed by atoms with Crippen molar-refractivity contribution < 1.29 is 28.5 Å². The SMILES string of the molecule is COC(=O)c1ccc(NC(=O)c2ccc(OC)c(COc3ccc(OC)cc3)c2)cc1. The lowest BCUT2D eigenvalue weighted by atomic mass is 10.1. The van der Waals surface area contributed by atoms with Gasteiger partial charge in [-0.2, -0.15) is 0 Å². The number of ether oxygens (including phenoxy) is 4. The molecule has 0 bridgehead atoms. The summed E-state index contributed by atoms with van der Waals surface area (Å²) in [7, 11) is 4.48. The lowest BCUT2D eigenvalue weighted by Gasteiger charge is -2.13. The van der Waals surface area contributed by atoms with E-state index in [-0.39, 0.29) is 12.5 Å². The summed E-state index contributed by atoms with van der Waals surface area (Å²) in [6.07, 6.45) is 0. The monoisotopic (exact) mass is 421 g/mol. The Kier molecular flexibility index (Phi) is 7.11. The molecule has 1 amide bonds. The van der Waals surface area contributed by atoms with Crippen molar-refractivity contribution in [3.8, 4) is 17.2 Å². The Bertz CT molecular complexity index is 1040. The molecule has 7 nitrogen and oxygen atoms in total. The second-order valence-corrected chi connectivity index (χ2v) is 6.51. The van der Waals surface area contributed by atoms with Crippen LogP contribution < -0.4 is 19.5 Å². The van der Waals surface area contributed by atoms with Gasteiger partial charge in [0.1, 0.15) is 23.9 Å². The van der Waals surface area contributed by atoms with Gasteiger partial charge in [0, 0.05) is 16.8 Å². The Labute approximate surface area is 180 Å². The molecule has 0 saturated heterocycles. The summed E-state index contributed by atoms with van der Waals surface area (Å²) in [6, 6.07) is 18.8. The number of carbonyl (C=O) groups excluding carboxylic acids is 2.